The molecule has 4 nitrogen and oxygen atoms in total. The summed E-state index contributed by atoms with van der Waals surface area (Å²) in [6.45, 7) is 4.81. The molecule has 1 aromatic rings. The molecule has 4 heteroatoms. The monoisotopic (exact) mass is 235 g/mol. The van der Waals surface area contributed by atoms with Gasteiger partial charge in [-0.15, -0.1) is 0 Å². The number of fused-ring (bicyclic) bond motifs is 1. The lowest BCUT2D eigenvalue weighted by atomic mass is 9.99. The van der Waals surface area contributed by atoms with Crippen molar-refractivity contribution < 1.29 is 14.3 Å². The van der Waals surface area contributed by atoms with E-state index in [9.17, 15) is 4.79 Å². The molecule has 1 atom stereocenters. The Morgan fingerprint density at radius 3 is 2.76 bits per heavy atom. The highest BCUT2D eigenvalue weighted by atomic mass is 16.5. The van der Waals surface area contributed by atoms with E-state index in [4.69, 9.17) is 15.2 Å². The molecule has 2 N–H and O–H groups in total. The van der Waals surface area contributed by atoms with E-state index in [-0.39, 0.29) is 5.78 Å². The Morgan fingerprint density at radius 1 is 1.35 bits per heavy atom. The van der Waals surface area contributed by atoms with Crippen LogP contribution < -0.4 is 15.2 Å². The van der Waals surface area contributed by atoms with E-state index in [0.717, 1.165) is 12.0 Å². The van der Waals surface area contributed by atoms with Crippen molar-refractivity contribution in [3.63, 3.8) is 0 Å². The summed E-state index contributed by atoms with van der Waals surface area (Å²) in [5, 5.41) is 0. The minimum atomic E-state index is -0.501. The van der Waals surface area contributed by atoms with E-state index in [0.29, 0.717) is 30.3 Å². The highest BCUT2D eigenvalue weighted by Crippen LogP contribution is 2.35. The molecule has 0 bridgehead atoms. The molecule has 1 heterocycles. The summed E-state index contributed by atoms with van der Waals surface area (Å²) in [6, 6.07) is 3.04. The summed E-state index contributed by atoms with van der Waals surface area (Å²) >= 11 is 0. The lowest BCUT2D eigenvalue weighted by Crippen LogP contribution is -2.27. The van der Waals surface area contributed by atoms with Crippen LogP contribution in [0.4, 0.5) is 0 Å². The van der Waals surface area contributed by atoms with E-state index >= 15 is 0 Å². The third-order valence-electron chi connectivity index (χ3n) is 2.84. The lowest BCUT2D eigenvalue weighted by molar-refractivity contribution is 0.0967. The SMILES string of the molecule is Cc1c(C(=O)C(C)N)ccc2c1OCCCO2. The largest absolute Gasteiger partial charge is 0.490 e. The quantitative estimate of drug-likeness (QED) is 0.792. The molecule has 1 aliphatic heterocycles. The molecular formula is C13H17NO3. The van der Waals surface area contributed by atoms with Gasteiger partial charge in [-0.25, -0.2) is 0 Å². The summed E-state index contributed by atoms with van der Waals surface area (Å²) in [5.41, 5.74) is 7.05. The third kappa shape index (κ3) is 2.26. The highest BCUT2D eigenvalue weighted by molar-refractivity contribution is 6.01. The van der Waals surface area contributed by atoms with Crippen LogP contribution in [0.2, 0.25) is 0 Å². The summed E-state index contributed by atoms with van der Waals surface area (Å²) < 4.78 is 11.2. The number of hydrogen-bond donors (Lipinski definition) is 1. The molecule has 0 aromatic heterocycles. The normalized spacial score (nSPS) is 16.2. The molecule has 0 aliphatic carbocycles. The highest BCUT2D eigenvalue weighted by Gasteiger charge is 2.20. The van der Waals surface area contributed by atoms with Crippen molar-refractivity contribution >= 4 is 5.78 Å². The van der Waals surface area contributed by atoms with Crippen molar-refractivity contribution in [1.82, 2.24) is 0 Å². The number of Topliss-reactive ketones (excluding diaryl/α,β-unsaturated/α-hetero) is 1. The van der Waals surface area contributed by atoms with Crippen LogP contribution in [0, 0.1) is 6.92 Å². The smallest absolute Gasteiger partial charge is 0.179 e. The number of ether oxygens (including phenoxy) is 2. The summed E-state index contributed by atoms with van der Waals surface area (Å²) in [6.07, 6.45) is 0.852. The number of carbonyl (C=O) groups is 1. The molecular weight excluding hydrogens is 218 g/mol. The van der Waals surface area contributed by atoms with E-state index in [2.05, 4.69) is 0 Å². The van der Waals surface area contributed by atoms with Crippen LogP contribution in [0.1, 0.15) is 29.3 Å². The maximum Gasteiger partial charge on any atom is 0.179 e. The standard InChI is InChI=1S/C13H17NO3/c1-8-10(12(15)9(2)14)4-5-11-13(8)17-7-3-6-16-11/h4-5,9H,3,6-7,14H2,1-2H3. The molecule has 2 rings (SSSR count). The van der Waals surface area contributed by atoms with Crippen LogP contribution in [0.5, 0.6) is 11.5 Å². The molecule has 92 valence electrons. The second-order valence-corrected chi connectivity index (χ2v) is 4.27. The number of hydrogen-bond acceptors (Lipinski definition) is 4. The second-order valence-electron chi connectivity index (χ2n) is 4.27. The first-order valence-corrected chi connectivity index (χ1v) is 5.80. The van der Waals surface area contributed by atoms with Gasteiger partial charge in [-0.05, 0) is 26.0 Å². The number of ketones is 1. The maximum absolute atomic E-state index is 11.9. The van der Waals surface area contributed by atoms with Gasteiger partial charge < -0.3 is 15.2 Å². The molecule has 1 aromatic carbocycles. The van der Waals surface area contributed by atoms with Gasteiger partial charge in [-0.2, -0.15) is 0 Å². The predicted octanol–water partition coefficient (Wildman–Crippen LogP) is 1.69. The zero-order chi connectivity index (χ0) is 12.4. The Morgan fingerprint density at radius 2 is 2.06 bits per heavy atom. The Kier molecular flexibility index (Phi) is 3.33. The molecule has 0 amide bonds. The molecule has 0 saturated heterocycles. The number of nitrogens with two attached hydrogens (primary N) is 1. The molecule has 0 radical (unpaired) electrons. The minimum absolute atomic E-state index is 0.0712. The Bertz CT molecular complexity index is 441. The van der Waals surface area contributed by atoms with Crippen molar-refractivity contribution in [2.75, 3.05) is 13.2 Å². The third-order valence-corrected chi connectivity index (χ3v) is 2.84. The topological polar surface area (TPSA) is 61.6 Å². The van der Waals surface area contributed by atoms with Gasteiger partial charge in [0.15, 0.2) is 17.3 Å². The van der Waals surface area contributed by atoms with Crippen LogP contribution in [0.3, 0.4) is 0 Å². The van der Waals surface area contributed by atoms with E-state index in [1.54, 1.807) is 19.1 Å². The van der Waals surface area contributed by atoms with Crippen molar-refractivity contribution in [2.45, 2.75) is 26.3 Å². The zero-order valence-corrected chi connectivity index (χ0v) is 10.2. The van der Waals surface area contributed by atoms with Gasteiger partial charge in [-0.3, -0.25) is 4.79 Å². The molecule has 0 saturated carbocycles. The van der Waals surface area contributed by atoms with Crippen LogP contribution in [0.15, 0.2) is 12.1 Å². The first-order chi connectivity index (χ1) is 8.11. The van der Waals surface area contributed by atoms with Crippen molar-refractivity contribution in [3.05, 3.63) is 23.3 Å². The maximum atomic E-state index is 11.9. The van der Waals surface area contributed by atoms with Crippen molar-refractivity contribution in [3.8, 4) is 11.5 Å². The minimum Gasteiger partial charge on any atom is -0.490 e. The van der Waals surface area contributed by atoms with Crippen LogP contribution in [-0.2, 0) is 0 Å². The summed E-state index contributed by atoms with van der Waals surface area (Å²) in [7, 11) is 0. The molecule has 0 spiro atoms. The second kappa shape index (κ2) is 4.75. The summed E-state index contributed by atoms with van der Waals surface area (Å²) in [4.78, 5) is 11.9. The number of benzene rings is 1. The Balaban J connectivity index is 2.44. The van der Waals surface area contributed by atoms with Crippen molar-refractivity contribution in [2.24, 2.45) is 5.73 Å². The van der Waals surface area contributed by atoms with Gasteiger partial charge in [0, 0.05) is 17.5 Å². The molecule has 1 unspecified atom stereocenters. The Labute approximate surface area is 101 Å². The number of carbonyl (C=O) groups excluding carboxylic acids is 1. The van der Waals surface area contributed by atoms with Crippen molar-refractivity contribution in [1.29, 1.82) is 0 Å². The van der Waals surface area contributed by atoms with E-state index < -0.39 is 6.04 Å². The average Bonchev–Trinajstić information content (AvgIpc) is 2.54. The predicted molar refractivity (Wildman–Crippen MR) is 64.8 cm³/mol. The van der Waals surface area contributed by atoms with Gasteiger partial charge in [0.25, 0.3) is 0 Å². The van der Waals surface area contributed by atoms with Crippen LogP contribution in [0.25, 0.3) is 0 Å². The van der Waals surface area contributed by atoms with E-state index in [1.165, 1.54) is 0 Å². The van der Waals surface area contributed by atoms with Gasteiger partial charge in [-0.1, -0.05) is 0 Å². The molecule has 17 heavy (non-hydrogen) atoms. The van der Waals surface area contributed by atoms with Gasteiger partial charge >= 0.3 is 0 Å². The van der Waals surface area contributed by atoms with Gasteiger partial charge in [0.05, 0.1) is 19.3 Å². The van der Waals surface area contributed by atoms with Gasteiger partial charge in [0.1, 0.15) is 0 Å². The average molecular weight is 235 g/mol. The van der Waals surface area contributed by atoms with Gasteiger partial charge in [0.2, 0.25) is 0 Å². The molecule has 0 fully saturated rings. The fourth-order valence-corrected chi connectivity index (χ4v) is 1.89. The number of rotatable bonds is 2. The zero-order valence-electron chi connectivity index (χ0n) is 10.2. The fraction of sp³-hybridized carbons (Fsp3) is 0.462. The van der Waals surface area contributed by atoms with Crippen LogP contribution >= 0.6 is 0 Å². The lowest BCUT2D eigenvalue weighted by Gasteiger charge is -2.14. The van der Waals surface area contributed by atoms with E-state index in [1.807, 2.05) is 6.92 Å². The fourth-order valence-electron chi connectivity index (χ4n) is 1.89. The molecule has 1 aliphatic rings. The first-order valence-electron chi connectivity index (χ1n) is 5.80. The summed E-state index contributed by atoms with van der Waals surface area (Å²) in [5.74, 6) is 1.31. The van der Waals surface area contributed by atoms with Crippen LogP contribution in [-0.4, -0.2) is 25.0 Å². The Hall–Kier alpha value is -1.55. The first kappa shape index (κ1) is 11.9.